The fraction of sp³-hybridized carbons (Fsp3) is 0.273. The van der Waals surface area contributed by atoms with Gasteiger partial charge in [0.1, 0.15) is 0 Å². The number of hydrogen-bond donors (Lipinski definition) is 1. The van der Waals surface area contributed by atoms with E-state index in [-0.39, 0.29) is 12.8 Å². The van der Waals surface area contributed by atoms with Crippen LogP contribution in [0.3, 0.4) is 0 Å². The maximum absolute atomic E-state index is 5.65. The summed E-state index contributed by atoms with van der Waals surface area (Å²) < 4.78 is 15.5. The predicted octanol–water partition coefficient (Wildman–Crippen LogP) is 1.49. The molecular formula is C11H11N3O3. The number of aromatic nitrogens is 2. The van der Waals surface area contributed by atoms with Crippen LogP contribution >= 0.6 is 0 Å². The third kappa shape index (κ3) is 1.72. The highest BCUT2D eigenvalue weighted by Crippen LogP contribution is 2.35. The van der Waals surface area contributed by atoms with Crippen molar-refractivity contribution in [3.63, 3.8) is 0 Å². The van der Waals surface area contributed by atoms with Crippen molar-refractivity contribution in [2.45, 2.75) is 13.0 Å². The highest BCUT2D eigenvalue weighted by Gasteiger charge is 2.17. The minimum Gasteiger partial charge on any atom is -0.454 e. The van der Waals surface area contributed by atoms with Gasteiger partial charge in [-0.05, 0) is 25.1 Å². The molecule has 0 fully saturated rings. The summed E-state index contributed by atoms with van der Waals surface area (Å²) in [4.78, 5) is 4.21. The van der Waals surface area contributed by atoms with Crippen LogP contribution in [-0.4, -0.2) is 16.9 Å². The first-order valence-corrected chi connectivity index (χ1v) is 5.23. The Balaban J connectivity index is 1.97. The molecule has 2 heterocycles. The zero-order valence-corrected chi connectivity index (χ0v) is 9.21. The molecule has 6 nitrogen and oxygen atoms in total. The molecule has 3 rings (SSSR count). The van der Waals surface area contributed by atoms with Crippen molar-refractivity contribution in [3.05, 3.63) is 24.1 Å². The van der Waals surface area contributed by atoms with Crippen molar-refractivity contribution >= 4 is 0 Å². The Kier molecular flexibility index (Phi) is 2.22. The lowest BCUT2D eigenvalue weighted by Gasteiger charge is -1.97. The molecule has 1 atom stereocenters. The quantitative estimate of drug-likeness (QED) is 0.845. The monoisotopic (exact) mass is 233 g/mol. The maximum atomic E-state index is 5.65. The first-order chi connectivity index (χ1) is 8.24. The molecule has 17 heavy (non-hydrogen) atoms. The van der Waals surface area contributed by atoms with Crippen LogP contribution in [0.2, 0.25) is 0 Å². The molecule has 1 aromatic carbocycles. The van der Waals surface area contributed by atoms with Crippen molar-refractivity contribution in [1.82, 2.24) is 10.1 Å². The van der Waals surface area contributed by atoms with Gasteiger partial charge < -0.3 is 19.7 Å². The SMILES string of the molecule is C[C@H](N)c1nc(-c2ccc3c(c2)OCO3)no1. The van der Waals surface area contributed by atoms with Crippen LogP contribution in [0.1, 0.15) is 18.9 Å². The molecule has 1 aliphatic rings. The van der Waals surface area contributed by atoms with Crippen LogP contribution in [0, 0.1) is 0 Å². The third-order valence-corrected chi connectivity index (χ3v) is 2.46. The number of rotatable bonds is 2. The Bertz CT molecular complexity index is 551. The lowest BCUT2D eigenvalue weighted by atomic mass is 10.2. The second-order valence-corrected chi connectivity index (χ2v) is 3.81. The van der Waals surface area contributed by atoms with Crippen molar-refractivity contribution in [2.24, 2.45) is 5.73 Å². The van der Waals surface area contributed by atoms with E-state index in [1.54, 1.807) is 6.92 Å². The van der Waals surface area contributed by atoms with Gasteiger partial charge in [-0.3, -0.25) is 0 Å². The number of benzene rings is 1. The van der Waals surface area contributed by atoms with Gasteiger partial charge in [-0.2, -0.15) is 4.98 Å². The van der Waals surface area contributed by atoms with Crippen molar-refractivity contribution in [2.75, 3.05) is 6.79 Å². The van der Waals surface area contributed by atoms with Gasteiger partial charge >= 0.3 is 0 Å². The Hall–Kier alpha value is -2.08. The van der Waals surface area contributed by atoms with E-state index in [1.165, 1.54) is 0 Å². The molecule has 88 valence electrons. The maximum Gasteiger partial charge on any atom is 0.243 e. The number of nitrogens with zero attached hydrogens (tertiary/aromatic N) is 2. The summed E-state index contributed by atoms with van der Waals surface area (Å²) in [5.74, 6) is 2.33. The molecule has 6 heteroatoms. The molecule has 0 spiro atoms. The van der Waals surface area contributed by atoms with Crippen molar-refractivity contribution < 1.29 is 14.0 Å². The molecule has 0 radical (unpaired) electrons. The minimum atomic E-state index is -0.273. The second kappa shape index (κ2) is 3.74. The van der Waals surface area contributed by atoms with Crippen LogP contribution in [0.5, 0.6) is 11.5 Å². The van der Waals surface area contributed by atoms with Gasteiger partial charge in [-0.25, -0.2) is 0 Å². The Morgan fingerprint density at radius 1 is 1.29 bits per heavy atom. The molecule has 1 aliphatic heterocycles. The molecule has 0 amide bonds. The first kappa shape index (κ1) is 10.1. The summed E-state index contributed by atoms with van der Waals surface area (Å²) in [5, 5.41) is 3.87. The summed E-state index contributed by atoms with van der Waals surface area (Å²) in [5.41, 5.74) is 6.46. The van der Waals surface area contributed by atoms with Crippen LogP contribution in [0.4, 0.5) is 0 Å². The van der Waals surface area contributed by atoms with Gasteiger partial charge in [0.2, 0.25) is 18.5 Å². The smallest absolute Gasteiger partial charge is 0.243 e. The topological polar surface area (TPSA) is 83.4 Å². The van der Waals surface area contributed by atoms with E-state index in [4.69, 9.17) is 19.7 Å². The number of nitrogens with two attached hydrogens (primary N) is 1. The van der Waals surface area contributed by atoms with E-state index in [0.29, 0.717) is 17.5 Å². The largest absolute Gasteiger partial charge is 0.454 e. The van der Waals surface area contributed by atoms with Gasteiger partial charge in [0.05, 0.1) is 6.04 Å². The zero-order chi connectivity index (χ0) is 11.8. The predicted molar refractivity (Wildman–Crippen MR) is 58.5 cm³/mol. The van der Waals surface area contributed by atoms with Crippen LogP contribution in [-0.2, 0) is 0 Å². The Morgan fingerprint density at radius 2 is 2.12 bits per heavy atom. The fourth-order valence-corrected chi connectivity index (χ4v) is 1.57. The number of fused-ring (bicyclic) bond motifs is 1. The summed E-state index contributed by atoms with van der Waals surface area (Å²) in [6.45, 7) is 2.03. The number of hydrogen-bond acceptors (Lipinski definition) is 6. The van der Waals surface area contributed by atoms with E-state index in [0.717, 1.165) is 11.3 Å². The normalized spacial score (nSPS) is 14.9. The second-order valence-electron chi connectivity index (χ2n) is 3.81. The first-order valence-electron chi connectivity index (χ1n) is 5.23. The van der Waals surface area contributed by atoms with Crippen LogP contribution in [0.25, 0.3) is 11.4 Å². The number of ether oxygens (including phenoxy) is 2. The summed E-state index contributed by atoms with van der Waals surface area (Å²) in [6.07, 6.45) is 0. The molecule has 0 saturated heterocycles. The van der Waals surface area contributed by atoms with E-state index >= 15 is 0 Å². The average molecular weight is 233 g/mol. The summed E-state index contributed by atoms with van der Waals surface area (Å²) in [6, 6.07) is 5.21. The van der Waals surface area contributed by atoms with Gasteiger partial charge in [-0.1, -0.05) is 5.16 Å². The van der Waals surface area contributed by atoms with E-state index in [1.807, 2.05) is 18.2 Å². The molecule has 0 unspecified atom stereocenters. The molecule has 1 aromatic heterocycles. The van der Waals surface area contributed by atoms with Crippen molar-refractivity contribution in [3.8, 4) is 22.9 Å². The summed E-state index contributed by atoms with van der Waals surface area (Å²) >= 11 is 0. The Morgan fingerprint density at radius 3 is 2.88 bits per heavy atom. The minimum absolute atomic E-state index is 0.246. The molecular weight excluding hydrogens is 222 g/mol. The lowest BCUT2D eigenvalue weighted by Crippen LogP contribution is -2.04. The molecule has 2 aromatic rings. The van der Waals surface area contributed by atoms with Gasteiger partial charge in [-0.15, -0.1) is 0 Å². The van der Waals surface area contributed by atoms with E-state index < -0.39 is 0 Å². The molecule has 0 bridgehead atoms. The van der Waals surface area contributed by atoms with Gasteiger partial charge in [0.15, 0.2) is 11.5 Å². The fourth-order valence-electron chi connectivity index (χ4n) is 1.57. The molecule has 2 N–H and O–H groups in total. The average Bonchev–Trinajstić information content (AvgIpc) is 2.97. The standard InChI is InChI=1S/C11H11N3O3/c1-6(12)11-13-10(14-17-11)7-2-3-8-9(4-7)16-5-15-8/h2-4,6H,5,12H2,1H3/t6-/m0/s1. The van der Waals surface area contributed by atoms with Crippen LogP contribution < -0.4 is 15.2 Å². The van der Waals surface area contributed by atoms with Gasteiger partial charge in [0, 0.05) is 5.56 Å². The highest BCUT2D eigenvalue weighted by atomic mass is 16.7. The highest BCUT2D eigenvalue weighted by molar-refractivity contribution is 5.61. The van der Waals surface area contributed by atoms with E-state index in [2.05, 4.69) is 10.1 Å². The van der Waals surface area contributed by atoms with Crippen molar-refractivity contribution in [1.29, 1.82) is 0 Å². The Labute approximate surface area is 97.3 Å². The third-order valence-electron chi connectivity index (χ3n) is 2.46. The summed E-state index contributed by atoms with van der Waals surface area (Å²) in [7, 11) is 0. The lowest BCUT2D eigenvalue weighted by molar-refractivity contribution is 0.174. The zero-order valence-electron chi connectivity index (χ0n) is 9.21. The van der Waals surface area contributed by atoms with Crippen LogP contribution in [0.15, 0.2) is 22.7 Å². The molecule has 0 saturated carbocycles. The van der Waals surface area contributed by atoms with E-state index in [9.17, 15) is 0 Å². The molecule has 0 aliphatic carbocycles. The van der Waals surface area contributed by atoms with Gasteiger partial charge in [0.25, 0.3) is 0 Å².